The molecule has 0 saturated carbocycles. The molecule has 0 fully saturated rings. The predicted molar refractivity (Wildman–Crippen MR) is 101 cm³/mol. The third-order valence-electron chi connectivity index (χ3n) is 4.22. The van der Waals surface area contributed by atoms with Gasteiger partial charge in [0, 0.05) is 12.7 Å². The first-order chi connectivity index (χ1) is 12.5. The molecule has 0 amide bonds. The van der Waals surface area contributed by atoms with Crippen LogP contribution in [0.4, 0.5) is 11.4 Å². The first kappa shape index (κ1) is 17.5. The minimum absolute atomic E-state index is 0.134. The van der Waals surface area contributed by atoms with Gasteiger partial charge in [-0.2, -0.15) is 0 Å². The van der Waals surface area contributed by atoms with Gasteiger partial charge in [-0.15, -0.1) is 0 Å². The van der Waals surface area contributed by atoms with Gasteiger partial charge in [0.2, 0.25) is 0 Å². The number of nitrogens with one attached hydrogen (secondary N) is 1. The molecule has 0 aliphatic carbocycles. The lowest BCUT2D eigenvalue weighted by Crippen LogP contribution is -2.20. The summed E-state index contributed by atoms with van der Waals surface area (Å²) in [5.74, 6) is -0.360. The highest BCUT2D eigenvalue weighted by Crippen LogP contribution is 2.20. The van der Waals surface area contributed by atoms with Crippen molar-refractivity contribution in [2.75, 3.05) is 11.9 Å². The Hall–Kier alpha value is -3.28. The quantitative estimate of drug-likeness (QED) is 0.716. The predicted octanol–water partition coefficient (Wildman–Crippen LogP) is 3.40. The van der Waals surface area contributed by atoms with Crippen LogP contribution in [-0.2, 0) is 11.8 Å². The standard InChI is InChI=1S/C20H21N3O3/c1-4-26-20(25)15-10-12-16(13-11-15)21-18-14(2)22(3)23(19(18)24)17-8-6-5-7-9-17/h5-13,21H,4H2,1-3H3. The van der Waals surface area contributed by atoms with Gasteiger partial charge in [-0.3, -0.25) is 9.48 Å². The zero-order chi connectivity index (χ0) is 18.7. The molecular weight excluding hydrogens is 330 g/mol. The van der Waals surface area contributed by atoms with Crippen LogP contribution in [0.3, 0.4) is 0 Å². The highest BCUT2D eigenvalue weighted by molar-refractivity contribution is 5.89. The number of anilines is 2. The van der Waals surface area contributed by atoms with Crippen molar-refractivity contribution in [2.45, 2.75) is 13.8 Å². The summed E-state index contributed by atoms with van der Waals surface area (Å²) in [5, 5.41) is 3.16. The van der Waals surface area contributed by atoms with E-state index in [1.807, 2.05) is 49.0 Å². The summed E-state index contributed by atoms with van der Waals surface area (Å²) < 4.78 is 8.40. The summed E-state index contributed by atoms with van der Waals surface area (Å²) in [5.41, 5.74) is 3.18. The summed E-state index contributed by atoms with van der Waals surface area (Å²) in [6, 6.07) is 16.3. The van der Waals surface area contributed by atoms with E-state index in [1.54, 1.807) is 35.9 Å². The first-order valence-corrected chi connectivity index (χ1v) is 8.41. The molecule has 0 unspecified atom stereocenters. The van der Waals surface area contributed by atoms with Gasteiger partial charge in [0.1, 0.15) is 5.69 Å². The van der Waals surface area contributed by atoms with Crippen LogP contribution >= 0.6 is 0 Å². The average Bonchev–Trinajstić information content (AvgIpc) is 2.86. The van der Waals surface area contributed by atoms with E-state index in [2.05, 4.69) is 5.32 Å². The number of carbonyl (C=O) groups excluding carboxylic acids is 1. The molecule has 0 bridgehead atoms. The van der Waals surface area contributed by atoms with Crippen LogP contribution in [0.1, 0.15) is 23.0 Å². The van der Waals surface area contributed by atoms with E-state index in [4.69, 9.17) is 4.74 Å². The van der Waals surface area contributed by atoms with Crippen molar-refractivity contribution < 1.29 is 9.53 Å². The van der Waals surface area contributed by atoms with Gasteiger partial charge >= 0.3 is 5.97 Å². The molecular formula is C20H21N3O3. The van der Waals surface area contributed by atoms with E-state index in [-0.39, 0.29) is 11.5 Å². The molecule has 3 aromatic rings. The Balaban J connectivity index is 1.92. The van der Waals surface area contributed by atoms with Gasteiger partial charge in [-0.1, -0.05) is 18.2 Å². The normalized spacial score (nSPS) is 10.6. The topological polar surface area (TPSA) is 65.3 Å². The van der Waals surface area contributed by atoms with Gasteiger partial charge < -0.3 is 10.1 Å². The average molecular weight is 351 g/mol. The first-order valence-electron chi connectivity index (χ1n) is 8.41. The number of hydrogen-bond acceptors (Lipinski definition) is 4. The summed E-state index contributed by atoms with van der Waals surface area (Å²) in [7, 11) is 1.85. The van der Waals surface area contributed by atoms with Crippen molar-refractivity contribution >= 4 is 17.3 Å². The zero-order valence-electron chi connectivity index (χ0n) is 15.0. The monoisotopic (exact) mass is 351 g/mol. The van der Waals surface area contributed by atoms with E-state index < -0.39 is 0 Å². The Morgan fingerprint density at radius 2 is 1.73 bits per heavy atom. The number of carbonyl (C=O) groups is 1. The Morgan fingerprint density at radius 1 is 1.08 bits per heavy atom. The third-order valence-corrected chi connectivity index (χ3v) is 4.22. The van der Waals surface area contributed by atoms with Crippen LogP contribution in [0.25, 0.3) is 5.69 Å². The molecule has 1 heterocycles. The lowest BCUT2D eigenvalue weighted by Gasteiger charge is -2.07. The van der Waals surface area contributed by atoms with Crippen LogP contribution in [0.5, 0.6) is 0 Å². The fourth-order valence-electron chi connectivity index (χ4n) is 2.76. The Morgan fingerprint density at radius 3 is 2.35 bits per heavy atom. The van der Waals surface area contributed by atoms with E-state index in [0.29, 0.717) is 17.9 Å². The fourth-order valence-corrected chi connectivity index (χ4v) is 2.76. The van der Waals surface area contributed by atoms with Crippen molar-refractivity contribution in [1.29, 1.82) is 0 Å². The molecule has 0 saturated heterocycles. The summed E-state index contributed by atoms with van der Waals surface area (Å²) >= 11 is 0. The Labute approximate surface area is 151 Å². The number of esters is 1. The smallest absolute Gasteiger partial charge is 0.338 e. The molecule has 1 N–H and O–H groups in total. The minimum atomic E-state index is -0.360. The third kappa shape index (κ3) is 3.26. The molecule has 6 heteroatoms. The second-order valence-corrected chi connectivity index (χ2v) is 5.86. The van der Waals surface area contributed by atoms with Crippen molar-refractivity contribution in [1.82, 2.24) is 9.36 Å². The highest BCUT2D eigenvalue weighted by Gasteiger charge is 2.16. The van der Waals surface area contributed by atoms with Gasteiger partial charge in [-0.05, 0) is 50.2 Å². The molecule has 26 heavy (non-hydrogen) atoms. The Bertz CT molecular complexity index is 970. The maximum absolute atomic E-state index is 12.9. The molecule has 0 aliphatic rings. The summed E-state index contributed by atoms with van der Waals surface area (Å²) in [6.07, 6.45) is 0. The second-order valence-electron chi connectivity index (χ2n) is 5.86. The molecule has 6 nitrogen and oxygen atoms in total. The van der Waals surface area contributed by atoms with Crippen LogP contribution < -0.4 is 10.9 Å². The SMILES string of the molecule is CCOC(=O)c1ccc(Nc2c(C)n(C)n(-c3ccccc3)c2=O)cc1. The Kier molecular flexibility index (Phi) is 4.93. The largest absolute Gasteiger partial charge is 0.462 e. The molecule has 1 aromatic heterocycles. The lowest BCUT2D eigenvalue weighted by molar-refractivity contribution is 0.0526. The minimum Gasteiger partial charge on any atom is -0.462 e. The fraction of sp³-hybridized carbons (Fsp3) is 0.200. The molecule has 0 radical (unpaired) electrons. The van der Waals surface area contributed by atoms with E-state index in [1.165, 1.54) is 0 Å². The van der Waals surface area contributed by atoms with Crippen LogP contribution in [-0.4, -0.2) is 21.9 Å². The van der Waals surface area contributed by atoms with Gasteiger partial charge in [-0.25, -0.2) is 9.48 Å². The number of rotatable bonds is 5. The van der Waals surface area contributed by atoms with Crippen molar-refractivity contribution in [3.8, 4) is 5.69 Å². The van der Waals surface area contributed by atoms with E-state index in [9.17, 15) is 9.59 Å². The number of hydrogen-bond donors (Lipinski definition) is 1. The molecule has 3 rings (SSSR count). The van der Waals surface area contributed by atoms with Gasteiger partial charge in [0.25, 0.3) is 5.56 Å². The lowest BCUT2D eigenvalue weighted by atomic mass is 10.2. The number of ether oxygens (including phenoxy) is 1. The maximum atomic E-state index is 12.9. The van der Waals surface area contributed by atoms with Crippen LogP contribution in [0.2, 0.25) is 0 Å². The van der Waals surface area contributed by atoms with Crippen molar-refractivity contribution in [2.24, 2.45) is 7.05 Å². The molecule has 134 valence electrons. The molecule has 0 aliphatic heterocycles. The van der Waals surface area contributed by atoms with Gasteiger partial charge in [0.15, 0.2) is 0 Å². The number of aromatic nitrogens is 2. The van der Waals surface area contributed by atoms with E-state index in [0.717, 1.165) is 17.1 Å². The number of para-hydroxylation sites is 1. The summed E-state index contributed by atoms with van der Waals surface area (Å²) in [6.45, 7) is 3.99. The zero-order valence-corrected chi connectivity index (χ0v) is 15.0. The van der Waals surface area contributed by atoms with Gasteiger partial charge in [0.05, 0.1) is 23.6 Å². The number of benzene rings is 2. The second kappa shape index (κ2) is 7.31. The maximum Gasteiger partial charge on any atom is 0.338 e. The molecule has 2 aromatic carbocycles. The van der Waals surface area contributed by atoms with E-state index >= 15 is 0 Å². The number of nitrogens with zero attached hydrogens (tertiary/aromatic N) is 2. The summed E-state index contributed by atoms with van der Waals surface area (Å²) in [4.78, 5) is 24.6. The van der Waals surface area contributed by atoms with Crippen molar-refractivity contribution in [3.05, 3.63) is 76.2 Å². The van der Waals surface area contributed by atoms with Crippen LogP contribution in [0, 0.1) is 6.92 Å². The molecule has 0 atom stereocenters. The molecule has 0 spiro atoms. The van der Waals surface area contributed by atoms with Crippen LogP contribution in [0.15, 0.2) is 59.4 Å². The highest BCUT2D eigenvalue weighted by atomic mass is 16.5. The van der Waals surface area contributed by atoms with Crippen molar-refractivity contribution in [3.63, 3.8) is 0 Å².